The van der Waals surface area contributed by atoms with Crippen molar-refractivity contribution in [3.8, 4) is 11.5 Å². The van der Waals surface area contributed by atoms with E-state index in [2.05, 4.69) is 26.8 Å². The minimum Gasteiger partial charge on any atom is -0.454 e. The van der Waals surface area contributed by atoms with Crippen molar-refractivity contribution >= 4 is 5.91 Å². The SMILES string of the molecule is NCCCC(=O)N1CCC[C@@H](N2CCN(Cc3ccc4c(c3)OCO4)CC2)C1. The highest BCUT2D eigenvalue weighted by Crippen LogP contribution is 2.33. The molecule has 3 aliphatic heterocycles. The van der Waals surface area contributed by atoms with Crippen LogP contribution >= 0.6 is 0 Å². The molecule has 0 bridgehead atoms. The number of ether oxygens (including phenoxy) is 2. The van der Waals surface area contributed by atoms with Crippen molar-refractivity contribution in [3.05, 3.63) is 23.8 Å². The molecule has 4 rings (SSSR count). The van der Waals surface area contributed by atoms with Crippen LogP contribution in [0.5, 0.6) is 11.5 Å². The van der Waals surface area contributed by atoms with Crippen LogP contribution in [0.25, 0.3) is 0 Å². The highest BCUT2D eigenvalue weighted by molar-refractivity contribution is 5.76. The van der Waals surface area contributed by atoms with Gasteiger partial charge in [-0.3, -0.25) is 14.6 Å². The normalized spacial score (nSPS) is 23.2. The first-order valence-electron chi connectivity index (χ1n) is 10.6. The molecule has 1 aromatic carbocycles. The summed E-state index contributed by atoms with van der Waals surface area (Å²) in [6.07, 6.45) is 3.68. The second kappa shape index (κ2) is 9.11. The smallest absolute Gasteiger partial charge is 0.231 e. The number of fused-ring (bicyclic) bond motifs is 1. The molecule has 0 unspecified atom stereocenters. The largest absolute Gasteiger partial charge is 0.454 e. The minimum absolute atomic E-state index is 0.275. The number of hydrogen-bond donors (Lipinski definition) is 1. The Morgan fingerprint density at radius 1 is 1.11 bits per heavy atom. The van der Waals surface area contributed by atoms with E-state index in [-0.39, 0.29) is 5.91 Å². The third kappa shape index (κ3) is 4.59. The van der Waals surface area contributed by atoms with Gasteiger partial charge in [-0.2, -0.15) is 0 Å². The van der Waals surface area contributed by atoms with Gasteiger partial charge in [-0.1, -0.05) is 6.07 Å². The highest BCUT2D eigenvalue weighted by atomic mass is 16.7. The molecule has 0 spiro atoms. The average molecular weight is 389 g/mol. The van der Waals surface area contributed by atoms with Gasteiger partial charge in [0.2, 0.25) is 12.7 Å². The molecule has 0 radical (unpaired) electrons. The van der Waals surface area contributed by atoms with Crippen LogP contribution in [0.1, 0.15) is 31.2 Å². The molecule has 154 valence electrons. The van der Waals surface area contributed by atoms with Crippen LogP contribution in [0.2, 0.25) is 0 Å². The molecular formula is C21H32N4O3. The Bertz CT molecular complexity index is 676. The van der Waals surface area contributed by atoms with Crippen molar-refractivity contribution in [2.45, 2.75) is 38.3 Å². The molecular weight excluding hydrogens is 356 g/mol. The van der Waals surface area contributed by atoms with E-state index in [1.54, 1.807) is 0 Å². The van der Waals surface area contributed by atoms with Gasteiger partial charge in [-0.15, -0.1) is 0 Å². The monoisotopic (exact) mass is 388 g/mol. The molecule has 2 N–H and O–H groups in total. The number of amides is 1. The van der Waals surface area contributed by atoms with Gasteiger partial charge in [0.1, 0.15) is 0 Å². The van der Waals surface area contributed by atoms with Gasteiger partial charge in [0, 0.05) is 58.3 Å². The maximum Gasteiger partial charge on any atom is 0.231 e. The van der Waals surface area contributed by atoms with Crippen molar-refractivity contribution in [2.24, 2.45) is 5.73 Å². The Hall–Kier alpha value is -1.83. The fourth-order valence-electron chi connectivity index (χ4n) is 4.47. The fourth-order valence-corrected chi connectivity index (χ4v) is 4.47. The quantitative estimate of drug-likeness (QED) is 0.791. The molecule has 2 saturated heterocycles. The zero-order valence-corrected chi connectivity index (χ0v) is 16.6. The summed E-state index contributed by atoms with van der Waals surface area (Å²) in [5, 5.41) is 0. The lowest BCUT2D eigenvalue weighted by molar-refractivity contribution is -0.133. The van der Waals surface area contributed by atoms with Gasteiger partial charge in [0.25, 0.3) is 0 Å². The van der Waals surface area contributed by atoms with Crippen LogP contribution in [-0.4, -0.2) is 79.3 Å². The Labute approximate surface area is 167 Å². The van der Waals surface area contributed by atoms with E-state index in [0.717, 1.165) is 70.2 Å². The molecule has 28 heavy (non-hydrogen) atoms. The average Bonchev–Trinajstić information content (AvgIpc) is 3.20. The van der Waals surface area contributed by atoms with Gasteiger partial charge >= 0.3 is 0 Å². The van der Waals surface area contributed by atoms with Gasteiger partial charge in [-0.05, 0) is 43.5 Å². The molecule has 0 saturated carbocycles. The molecule has 1 atom stereocenters. The number of nitrogens with zero attached hydrogens (tertiary/aromatic N) is 3. The van der Waals surface area contributed by atoms with E-state index in [0.29, 0.717) is 25.8 Å². The van der Waals surface area contributed by atoms with E-state index in [4.69, 9.17) is 15.2 Å². The third-order valence-corrected chi connectivity index (χ3v) is 6.11. The highest BCUT2D eigenvalue weighted by Gasteiger charge is 2.29. The number of carbonyl (C=O) groups excluding carboxylic acids is 1. The predicted molar refractivity (Wildman–Crippen MR) is 107 cm³/mol. The second-order valence-electron chi connectivity index (χ2n) is 8.03. The Morgan fingerprint density at radius 2 is 1.93 bits per heavy atom. The summed E-state index contributed by atoms with van der Waals surface area (Å²) in [5.74, 6) is 1.98. The molecule has 1 amide bonds. The van der Waals surface area contributed by atoms with Crippen molar-refractivity contribution in [3.63, 3.8) is 0 Å². The Kier molecular flexibility index (Phi) is 6.34. The summed E-state index contributed by atoms with van der Waals surface area (Å²) in [6.45, 7) is 7.91. The maximum absolute atomic E-state index is 12.3. The lowest BCUT2D eigenvalue weighted by atomic mass is 10.0. The summed E-state index contributed by atoms with van der Waals surface area (Å²) in [6, 6.07) is 6.74. The number of carbonyl (C=O) groups is 1. The van der Waals surface area contributed by atoms with Crippen LogP contribution < -0.4 is 15.2 Å². The zero-order valence-electron chi connectivity index (χ0n) is 16.6. The predicted octanol–water partition coefficient (Wildman–Crippen LogP) is 1.26. The van der Waals surface area contributed by atoms with Crippen LogP contribution in [0.15, 0.2) is 18.2 Å². The standard InChI is InChI=1S/C21H32N4O3/c22-7-1-4-21(26)25-8-2-3-18(15-25)24-11-9-23(10-12-24)14-17-5-6-19-20(13-17)28-16-27-19/h5-6,13,18H,1-4,7-12,14-16,22H2/t18-/m1/s1. The summed E-state index contributed by atoms with van der Waals surface area (Å²) in [5.41, 5.74) is 6.82. The summed E-state index contributed by atoms with van der Waals surface area (Å²) in [4.78, 5) is 19.5. The summed E-state index contributed by atoms with van der Waals surface area (Å²) < 4.78 is 10.9. The maximum atomic E-state index is 12.3. The number of piperidine rings is 1. The number of likely N-dealkylation sites (tertiary alicyclic amines) is 1. The lowest BCUT2D eigenvalue weighted by Gasteiger charge is -2.43. The summed E-state index contributed by atoms with van der Waals surface area (Å²) >= 11 is 0. The van der Waals surface area contributed by atoms with Gasteiger partial charge < -0.3 is 20.1 Å². The molecule has 3 heterocycles. The Morgan fingerprint density at radius 3 is 2.75 bits per heavy atom. The van der Waals surface area contributed by atoms with E-state index >= 15 is 0 Å². The first-order valence-corrected chi connectivity index (χ1v) is 10.6. The first kappa shape index (κ1) is 19.5. The van der Waals surface area contributed by atoms with Gasteiger partial charge in [0.15, 0.2) is 11.5 Å². The molecule has 7 heteroatoms. The van der Waals surface area contributed by atoms with Crippen LogP contribution in [0.3, 0.4) is 0 Å². The molecule has 3 aliphatic rings. The van der Waals surface area contributed by atoms with E-state index < -0.39 is 0 Å². The lowest BCUT2D eigenvalue weighted by Crippen LogP contribution is -2.55. The number of hydrogen-bond acceptors (Lipinski definition) is 6. The molecule has 0 aliphatic carbocycles. The Balaban J connectivity index is 1.25. The number of rotatable bonds is 6. The van der Waals surface area contributed by atoms with E-state index in [1.165, 1.54) is 12.0 Å². The van der Waals surface area contributed by atoms with Gasteiger partial charge in [0.05, 0.1) is 0 Å². The van der Waals surface area contributed by atoms with Crippen molar-refractivity contribution in [1.29, 1.82) is 0 Å². The van der Waals surface area contributed by atoms with Crippen LogP contribution in [-0.2, 0) is 11.3 Å². The van der Waals surface area contributed by atoms with E-state index in [1.807, 2.05) is 6.07 Å². The third-order valence-electron chi connectivity index (χ3n) is 6.11. The second-order valence-corrected chi connectivity index (χ2v) is 8.03. The number of nitrogens with two attached hydrogens (primary N) is 1. The van der Waals surface area contributed by atoms with Crippen molar-refractivity contribution in [2.75, 3.05) is 52.6 Å². The van der Waals surface area contributed by atoms with Crippen molar-refractivity contribution < 1.29 is 14.3 Å². The molecule has 1 aromatic rings. The summed E-state index contributed by atoms with van der Waals surface area (Å²) in [7, 11) is 0. The van der Waals surface area contributed by atoms with Crippen LogP contribution in [0, 0.1) is 0 Å². The van der Waals surface area contributed by atoms with E-state index in [9.17, 15) is 4.79 Å². The molecule has 7 nitrogen and oxygen atoms in total. The first-order chi connectivity index (χ1) is 13.7. The fraction of sp³-hybridized carbons (Fsp3) is 0.667. The number of piperazine rings is 1. The van der Waals surface area contributed by atoms with Crippen molar-refractivity contribution in [1.82, 2.24) is 14.7 Å². The van der Waals surface area contributed by atoms with Gasteiger partial charge in [-0.25, -0.2) is 0 Å². The van der Waals surface area contributed by atoms with Crippen LogP contribution in [0.4, 0.5) is 0 Å². The topological polar surface area (TPSA) is 71.3 Å². The number of benzene rings is 1. The zero-order chi connectivity index (χ0) is 19.3. The molecule has 0 aromatic heterocycles. The minimum atomic E-state index is 0.275. The molecule has 2 fully saturated rings.